The Bertz CT molecular complexity index is 1100. The van der Waals surface area contributed by atoms with Crippen molar-refractivity contribution in [3.8, 4) is 0 Å². The fourth-order valence-electron chi connectivity index (χ4n) is 4.18. The number of carbonyl (C=O) groups is 2. The SMILES string of the molecule is Cc1[c-]cc(NCC(=O)N2CCc3cc(Cl)cc(Cl)c3C2C)c(F)c1.O=CN[CH-]CN1CC(F)(F)C1.[K+]. The minimum Gasteiger partial charge on any atom is -0.507 e. The molecule has 2 aliphatic rings. The first-order valence-corrected chi connectivity index (χ1v) is 12.1. The molecular weight excluding hydrogens is 555 g/mol. The second-order valence-corrected chi connectivity index (χ2v) is 9.56. The van der Waals surface area contributed by atoms with Gasteiger partial charge in [0.25, 0.3) is 5.92 Å². The molecule has 4 rings (SSSR count). The van der Waals surface area contributed by atoms with Crippen molar-refractivity contribution in [3.63, 3.8) is 0 Å². The molecule has 2 aliphatic heterocycles. The Balaban J connectivity index is 0.000000339. The zero-order valence-electron chi connectivity index (χ0n) is 20.9. The molecule has 12 heteroatoms. The van der Waals surface area contributed by atoms with Crippen molar-refractivity contribution in [2.24, 2.45) is 0 Å². The second kappa shape index (κ2) is 14.5. The van der Waals surface area contributed by atoms with Gasteiger partial charge in [-0.3, -0.25) is 9.59 Å². The van der Waals surface area contributed by atoms with Crippen molar-refractivity contribution in [1.29, 1.82) is 0 Å². The van der Waals surface area contributed by atoms with E-state index in [1.165, 1.54) is 23.6 Å². The third-order valence-corrected chi connectivity index (χ3v) is 6.46. The summed E-state index contributed by atoms with van der Waals surface area (Å²) >= 11 is 12.4. The number of likely N-dealkylation sites (tertiary alicyclic amines) is 1. The first-order chi connectivity index (χ1) is 17.0. The van der Waals surface area contributed by atoms with Crippen LogP contribution < -0.4 is 62.0 Å². The number of hydrogen-bond donors (Lipinski definition) is 2. The summed E-state index contributed by atoms with van der Waals surface area (Å²) in [7, 11) is 0. The number of nitrogens with one attached hydrogen (secondary N) is 2. The van der Waals surface area contributed by atoms with Crippen LogP contribution in [0.1, 0.15) is 29.7 Å². The van der Waals surface area contributed by atoms with Gasteiger partial charge in [0.05, 0.1) is 25.7 Å². The minimum absolute atomic E-state index is 0. The Labute approximate surface area is 267 Å². The molecule has 2 aromatic rings. The van der Waals surface area contributed by atoms with Gasteiger partial charge in [0.1, 0.15) is 0 Å². The summed E-state index contributed by atoms with van der Waals surface area (Å²) < 4.78 is 38.2. The Hall–Kier alpha value is -0.854. The fourth-order valence-corrected chi connectivity index (χ4v) is 4.88. The first kappa shape index (κ1) is 32.4. The van der Waals surface area contributed by atoms with Crippen LogP contribution in [0.25, 0.3) is 0 Å². The van der Waals surface area contributed by atoms with Gasteiger partial charge in [0.2, 0.25) is 5.91 Å². The first-order valence-electron chi connectivity index (χ1n) is 11.3. The minimum atomic E-state index is -2.52. The number of nitrogens with zero attached hydrogens (tertiary/aromatic N) is 2. The molecule has 2 aromatic carbocycles. The van der Waals surface area contributed by atoms with Crippen LogP contribution in [0, 0.1) is 25.4 Å². The number of benzene rings is 2. The van der Waals surface area contributed by atoms with Gasteiger partial charge < -0.3 is 20.4 Å². The van der Waals surface area contributed by atoms with E-state index >= 15 is 0 Å². The number of amides is 2. The smallest absolute Gasteiger partial charge is 0.507 e. The molecular formula is C25H27Cl2F3KN4O2-. The predicted octanol–water partition coefficient (Wildman–Crippen LogP) is 1.65. The topological polar surface area (TPSA) is 64.7 Å². The summed E-state index contributed by atoms with van der Waals surface area (Å²) in [6, 6.07) is 9.27. The van der Waals surface area contributed by atoms with E-state index in [2.05, 4.69) is 16.7 Å². The molecule has 2 N–H and O–H groups in total. The van der Waals surface area contributed by atoms with Gasteiger partial charge in [0, 0.05) is 22.4 Å². The molecule has 1 fully saturated rings. The summed E-state index contributed by atoms with van der Waals surface area (Å²) in [4.78, 5) is 25.6. The normalized spacial score (nSPS) is 17.8. The number of anilines is 1. The van der Waals surface area contributed by atoms with E-state index in [0.29, 0.717) is 41.5 Å². The molecule has 1 atom stereocenters. The zero-order valence-corrected chi connectivity index (χ0v) is 25.5. The van der Waals surface area contributed by atoms with Gasteiger partial charge >= 0.3 is 51.4 Å². The van der Waals surface area contributed by atoms with Crippen molar-refractivity contribution in [2.45, 2.75) is 32.2 Å². The Morgan fingerprint density at radius 3 is 2.62 bits per heavy atom. The van der Waals surface area contributed by atoms with Gasteiger partial charge in [-0.2, -0.15) is 17.7 Å². The largest absolute Gasteiger partial charge is 1.00 e. The van der Waals surface area contributed by atoms with Crippen LogP contribution in [-0.4, -0.2) is 60.8 Å². The summed E-state index contributed by atoms with van der Waals surface area (Å²) in [6.45, 7) is 5.72. The zero-order chi connectivity index (χ0) is 26.5. The molecule has 0 radical (unpaired) electrons. The number of fused-ring (bicyclic) bond motifs is 1. The summed E-state index contributed by atoms with van der Waals surface area (Å²) in [6.07, 6.45) is 1.20. The van der Waals surface area contributed by atoms with Crippen LogP contribution >= 0.6 is 23.2 Å². The molecule has 1 saturated heterocycles. The van der Waals surface area contributed by atoms with Crippen molar-refractivity contribution < 1.29 is 74.1 Å². The summed E-state index contributed by atoms with van der Waals surface area (Å²) in [5, 5.41) is 6.31. The number of rotatable bonds is 7. The maximum atomic E-state index is 13.9. The fraction of sp³-hybridized carbons (Fsp3) is 0.400. The van der Waals surface area contributed by atoms with E-state index in [0.717, 1.165) is 11.1 Å². The number of aryl methyl sites for hydroxylation is 1. The predicted molar refractivity (Wildman–Crippen MR) is 134 cm³/mol. The number of alkyl halides is 2. The van der Waals surface area contributed by atoms with E-state index in [9.17, 15) is 22.8 Å². The Morgan fingerprint density at radius 1 is 1.30 bits per heavy atom. The molecule has 37 heavy (non-hydrogen) atoms. The van der Waals surface area contributed by atoms with Gasteiger partial charge in [-0.15, -0.1) is 12.6 Å². The standard InChI is InChI=1S/C19H18Cl2FN2O.C6H9F2N2O.K/c1-11-3-4-17(16(22)7-11)23-10-18(25)24-6-5-13-8-14(20)9-15(21)19(13)12(24)2;7-6(8)3-10(4-6)2-1-9-5-11;/h4,7-9,12,23H,5-6,10H2,1-2H3;1,5H,2-4H2,(H,9,11);/q2*-1;+1. The van der Waals surface area contributed by atoms with Crippen LogP contribution in [0.15, 0.2) is 24.3 Å². The van der Waals surface area contributed by atoms with E-state index in [-0.39, 0.29) is 88.7 Å². The molecule has 196 valence electrons. The van der Waals surface area contributed by atoms with E-state index in [1.54, 1.807) is 17.9 Å². The van der Waals surface area contributed by atoms with E-state index < -0.39 is 11.7 Å². The van der Waals surface area contributed by atoms with Gasteiger partial charge in [-0.05, 0) is 42.3 Å². The Morgan fingerprint density at radius 2 is 2.00 bits per heavy atom. The van der Waals surface area contributed by atoms with E-state index in [4.69, 9.17) is 23.2 Å². The van der Waals surface area contributed by atoms with Crippen LogP contribution in [-0.2, 0) is 16.0 Å². The average molecular weight is 583 g/mol. The molecule has 1 unspecified atom stereocenters. The maximum Gasteiger partial charge on any atom is 1.00 e. The molecule has 0 saturated carbocycles. The van der Waals surface area contributed by atoms with E-state index in [1.807, 2.05) is 13.0 Å². The van der Waals surface area contributed by atoms with Crippen molar-refractivity contribution in [3.05, 3.63) is 69.4 Å². The maximum absolute atomic E-state index is 13.9. The molecule has 2 amide bonds. The van der Waals surface area contributed by atoms with Crippen LogP contribution in [0.5, 0.6) is 0 Å². The number of hydrogen-bond acceptors (Lipinski definition) is 4. The quantitative estimate of drug-likeness (QED) is 0.226. The number of carbonyl (C=O) groups excluding carboxylic acids is 2. The third kappa shape index (κ3) is 9.10. The van der Waals surface area contributed by atoms with Crippen LogP contribution in [0.3, 0.4) is 0 Å². The second-order valence-electron chi connectivity index (χ2n) is 8.72. The molecule has 2 heterocycles. The van der Waals surface area contributed by atoms with Crippen LogP contribution in [0.4, 0.5) is 18.9 Å². The third-order valence-electron chi connectivity index (χ3n) is 5.93. The van der Waals surface area contributed by atoms with Crippen LogP contribution in [0.2, 0.25) is 10.0 Å². The Kier molecular flexibility index (Phi) is 12.7. The summed E-state index contributed by atoms with van der Waals surface area (Å²) in [5.74, 6) is -3.02. The van der Waals surface area contributed by atoms with Gasteiger partial charge in [-0.1, -0.05) is 30.1 Å². The van der Waals surface area contributed by atoms with Crippen molar-refractivity contribution in [2.75, 3.05) is 38.0 Å². The monoisotopic (exact) mass is 581 g/mol. The van der Waals surface area contributed by atoms with Gasteiger partial charge in [0.15, 0.2) is 6.41 Å². The number of halogens is 5. The summed E-state index contributed by atoms with van der Waals surface area (Å²) in [5.41, 5.74) is 2.99. The van der Waals surface area contributed by atoms with Gasteiger partial charge in [-0.25, -0.2) is 19.7 Å². The molecule has 0 aromatic heterocycles. The molecule has 0 bridgehead atoms. The molecule has 0 aliphatic carbocycles. The van der Waals surface area contributed by atoms with Crippen molar-refractivity contribution in [1.82, 2.24) is 15.1 Å². The molecule has 0 spiro atoms. The van der Waals surface area contributed by atoms with Crippen molar-refractivity contribution >= 4 is 41.2 Å². The average Bonchev–Trinajstić information content (AvgIpc) is 2.77. The molecule has 6 nitrogen and oxygen atoms in total.